The maximum Gasteiger partial charge on any atom is 1.00 e. The van der Waals surface area contributed by atoms with E-state index in [9.17, 15) is 9.59 Å². The number of hydrogen-bond acceptors (Lipinski definition) is 3. The summed E-state index contributed by atoms with van der Waals surface area (Å²) in [7, 11) is 0. The molecule has 1 aliphatic heterocycles. The van der Waals surface area contributed by atoms with Crippen LogP contribution in [-0.2, 0) is 9.59 Å². The van der Waals surface area contributed by atoms with Gasteiger partial charge in [-0.3, -0.25) is 9.59 Å². The van der Waals surface area contributed by atoms with Crippen LogP contribution in [0.4, 0.5) is 0 Å². The maximum atomic E-state index is 11.7. The first-order valence-electron chi connectivity index (χ1n) is 4.68. The van der Waals surface area contributed by atoms with Crippen molar-refractivity contribution in [3.05, 3.63) is 5.32 Å². The normalized spacial score (nSPS) is 25.3. The van der Waals surface area contributed by atoms with Gasteiger partial charge in [-0.25, -0.2) is 0 Å². The van der Waals surface area contributed by atoms with Gasteiger partial charge in [0.2, 0.25) is 0 Å². The number of amides is 2. The second kappa shape index (κ2) is 5.94. The Hall–Kier alpha value is 0.0300. The van der Waals surface area contributed by atoms with Gasteiger partial charge in [0.15, 0.2) is 11.8 Å². The Balaban J connectivity index is 0.00000196. The summed E-state index contributed by atoms with van der Waals surface area (Å²) in [5, 5.41) is 6.06. The van der Waals surface area contributed by atoms with Gasteiger partial charge in [-0.05, 0) is 12.8 Å². The van der Waals surface area contributed by atoms with E-state index in [-0.39, 0.29) is 40.6 Å². The minimum absolute atomic E-state index is 0. The molecule has 6 heteroatoms. The average Bonchev–Trinajstić information content (AvgIpc) is 2.11. The molecule has 0 bridgehead atoms. The predicted octanol–water partition coefficient (Wildman–Crippen LogP) is -1.50. The van der Waals surface area contributed by atoms with E-state index < -0.39 is 11.3 Å². The molecule has 1 saturated heterocycles. The van der Waals surface area contributed by atoms with E-state index in [0.717, 1.165) is 6.42 Å². The van der Waals surface area contributed by atoms with Gasteiger partial charge in [-0.2, -0.15) is 0 Å². The molecule has 0 aromatic carbocycles. The maximum absolute atomic E-state index is 11.7. The van der Waals surface area contributed by atoms with E-state index in [4.69, 9.17) is 0 Å². The monoisotopic (exact) mass is 236 g/mol. The van der Waals surface area contributed by atoms with E-state index in [2.05, 4.69) is 22.9 Å². The number of thiocarbonyl (C=S) groups is 1. The zero-order chi connectivity index (χ0) is 10.8. The van der Waals surface area contributed by atoms with E-state index in [1.54, 1.807) is 0 Å². The summed E-state index contributed by atoms with van der Waals surface area (Å²) < 4.78 is 0. The molecular formula is C9H13N2NaO2S. The molecule has 1 fully saturated rings. The Bertz CT molecular complexity index is 274. The van der Waals surface area contributed by atoms with Crippen LogP contribution < -0.4 is 34.9 Å². The first kappa shape index (κ1) is 15.0. The number of rotatable bonds is 3. The van der Waals surface area contributed by atoms with Crippen molar-refractivity contribution in [2.75, 3.05) is 0 Å². The number of carbonyl (C=O) groups is 2. The van der Waals surface area contributed by atoms with Crippen molar-refractivity contribution < 1.29 is 39.1 Å². The molecular weight excluding hydrogens is 223 g/mol. The Morgan fingerprint density at radius 2 is 2.00 bits per heavy atom. The average molecular weight is 236 g/mol. The van der Waals surface area contributed by atoms with Crippen LogP contribution in [0.25, 0.3) is 5.32 Å². The Morgan fingerprint density at radius 3 is 2.40 bits per heavy atom. The first-order valence-corrected chi connectivity index (χ1v) is 5.09. The van der Waals surface area contributed by atoms with Gasteiger partial charge in [0.05, 0.1) is 5.41 Å². The topological polar surface area (TPSA) is 60.3 Å². The number of hydrogen-bond donors (Lipinski definition) is 1. The van der Waals surface area contributed by atoms with Gasteiger partial charge in [-0.1, -0.05) is 32.5 Å². The zero-order valence-corrected chi connectivity index (χ0v) is 12.1. The Morgan fingerprint density at radius 1 is 1.40 bits per heavy atom. The smallest absolute Gasteiger partial charge is 0.418 e. The van der Waals surface area contributed by atoms with Crippen molar-refractivity contribution >= 4 is 29.1 Å². The van der Waals surface area contributed by atoms with Crippen molar-refractivity contribution in [2.45, 2.75) is 33.1 Å². The van der Waals surface area contributed by atoms with Crippen LogP contribution >= 0.6 is 12.2 Å². The van der Waals surface area contributed by atoms with Gasteiger partial charge >= 0.3 is 29.6 Å². The molecule has 0 saturated carbocycles. The van der Waals surface area contributed by atoms with Crippen LogP contribution in [0.1, 0.15) is 33.1 Å². The summed E-state index contributed by atoms with van der Waals surface area (Å²) in [5.41, 5.74) is -0.975. The van der Waals surface area contributed by atoms with Crippen LogP contribution in [0.15, 0.2) is 0 Å². The standard InChI is InChI=1S/C9H14N2O2S.Na/c1-3-5-9(4-2)6(12)10-8(14)11-7(9)13;/h3-5H2,1-2H3,(H2,10,11,12,13,14);/q;+1/p-1. The summed E-state index contributed by atoms with van der Waals surface area (Å²) in [5.74, 6) is -0.692. The zero-order valence-electron chi connectivity index (χ0n) is 9.29. The number of carbonyl (C=O) groups excluding carboxylic acids is 2. The third kappa shape index (κ3) is 2.78. The molecule has 15 heavy (non-hydrogen) atoms. The van der Waals surface area contributed by atoms with E-state index >= 15 is 0 Å². The molecule has 1 rings (SSSR count). The van der Waals surface area contributed by atoms with Crippen LogP contribution in [0.2, 0.25) is 0 Å². The Labute approximate surface area is 117 Å². The molecule has 2 amide bonds. The van der Waals surface area contributed by atoms with Crippen LogP contribution in [-0.4, -0.2) is 16.9 Å². The second-order valence-electron chi connectivity index (χ2n) is 3.36. The minimum atomic E-state index is -0.975. The van der Waals surface area contributed by atoms with Crippen LogP contribution in [0.5, 0.6) is 0 Å². The van der Waals surface area contributed by atoms with Gasteiger partial charge in [0, 0.05) is 5.11 Å². The number of nitrogens with one attached hydrogen (secondary N) is 1. The number of nitrogens with zero attached hydrogens (tertiary/aromatic N) is 1. The molecule has 78 valence electrons. The first-order chi connectivity index (χ1) is 6.56. The molecule has 1 atom stereocenters. The molecule has 4 nitrogen and oxygen atoms in total. The second-order valence-corrected chi connectivity index (χ2v) is 3.75. The molecule has 1 unspecified atom stereocenters. The van der Waals surface area contributed by atoms with Gasteiger partial charge < -0.3 is 10.6 Å². The molecule has 0 aromatic heterocycles. The van der Waals surface area contributed by atoms with Crippen molar-refractivity contribution in [1.82, 2.24) is 5.32 Å². The third-order valence-electron chi connectivity index (χ3n) is 2.55. The van der Waals surface area contributed by atoms with Crippen LogP contribution in [0, 0.1) is 5.41 Å². The predicted molar refractivity (Wildman–Crippen MR) is 56.7 cm³/mol. The van der Waals surface area contributed by atoms with E-state index in [0.29, 0.717) is 12.8 Å². The van der Waals surface area contributed by atoms with Gasteiger partial charge in [0.1, 0.15) is 0 Å². The fraction of sp³-hybridized carbons (Fsp3) is 0.667. The fourth-order valence-electron chi connectivity index (χ4n) is 1.68. The summed E-state index contributed by atoms with van der Waals surface area (Å²) in [6.45, 7) is 3.75. The molecule has 0 spiro atoms. The van der Waals surface area contributed by atoms with E-state index in [1.165, 1.54) is 0 Å². The fourth-order valence-corrected chi connectivity index (χ4v) is 1.85. The molecule has 0 aromatic rings. The summed E-state index contributed by atoms with van der Waals surface area (Å²) >= 11 is 4.68. The largest absolute Gasteiger partial charge is 1.00 e. The molecule has 1 heterocycles. The van der Waals surface area contributed by atoms with Crippen molar-refractivity contribution in [3.8, 4) is 0 Å². The molecule has 1 aliphatic rings. The Kier molecular flexibility index (Phi) is 5.95. The van der Waals surface area contributed by atoms with Gasteiger partial charge in [-0.15, -0.1) is 0 Å². The SMILES string of the molecule is CCCC1(CC)C(=O)[N-]C(=S)NC1=O.[Na+]. The summed E-state index contributed by atoms with van der Waals surface area (Å²) in [6, 6.07) is 0. The minimum Gasteiger partial charge on any atom is -0.418 e. The molecule has 0 radical (unpaired) electrons. The quantitative estimate of drug-likeness (QED) is 0.369. The van der Waals surface area contributed by atoms with Crippen molar-refractivity contribution in [3.63, 3.8) is 0 Å². The van der Waals surface area contributed by atoms with Crippen LogP contribution in [0.3, 0.4) is 0 Å². The molecule has 0 aliphatic carbocycles. The summed E-state index contributed by atoms with van der Waals surface area (Å²) in [6.07, 6.45) is 1.77. The molecule has 1 N–H and O–H groups in total. The van der Waals surface area contributed by atoms with Crippen molar-refractivity contribution in [2.24, 2.45) is 5.41 Å². The summed E-state index contributed by atoms with van der Waals surface area (Å²) in [4.78, 5) is 23.3. The van der Waals surface area contributed by atoms with Crippen molar-refractivity contribution in [1.29, 1.82) is 0 Å². The van der Waals surface area contributed by atoms with E-state index in [1.807, 2.05) is 13.8 Å². The third-order valence-corrected chi connectivity index (χ3v) is 2.74. The van der Waals surface area contributed by atoms with Gasteiger partial charge in [0.25, 0.3) is 0 Å².